The Labute approximate surface area is 177 Å². The molecule has 160 valence electrons. The Morgan fingerprint density at radius 3 is 2.50 bits per heavy atom. The molecule has 0 fully saturated rings. The third-order valence-corrected chi connectivity index (χ3v) is 4.39. The number of carbonyl (C=O) groups is 2. The van der Waals surface area contributed by atoms with Gasteiger partial charge in [-0.05, 0) is 23.8 Å². The maximum atomic E-state index is 12.7. The van der Waals surface area contributed by atoms with Gasteiger partial charge in [0.2, 0.25) is 5.91 Å². The molecule has 1 amide bonds. The van der Waals surface area contributed by atoms with Crippen molar-refractivity contribution in [2.75, 3.05) is 14.2 Å². The zero-order chi connectivity index (χ0) is 22.1. The van der Waals surface area contributed by atoms with Crippen LogP contribution in [0.4, 0.5) is 8.78 Å². The number of para-hydroxylation sites is 1. The van der Waals surface area contributed by atoms with E-state index in [4.69, 9.17) is 16.3 Å². The number of methoxy groups -OCH3 is 2. The van der Waals surface area contributed by atoms with Crippen LogP contribution >= 0.6 is 11.6 Å². The van der Waals surface area contributed by atoms with Crippen LogP contribution in [0.3, 0.4) is 0 Å². The van der Waals surface area contributed by atoms with E-state index < -0.39 is 24.5 Å². The number of carbonyl (C=O) groups excluding carboxylic acids is 2. The van der Waals surface area contributed by atoms with E-state index in [0.29, 0.717) is 10.6 Å². The van der Waals surface area contributed by atoms with Gasteiger partial charge in [-0.1, -0.05) is 41.9 Å². The second-order valence-electron chi connectivity index (χ2n) is 5.95. The first-order valence-corrected chi connectivity index (χ1v) is 9.15. The number of esters is 1. The molecule has 0 saturated carbocycles. The first-order chi connectivity index (χ1) is 14.3. The molecule has 1 atom stereocenters. The molecular weight excluding hydrogens is 420 g/mol. The van der Waals surface area contributed by atoms with E-state index in [0.717, 1.165) is 6.08 Å². The van der Waals surface area contributed by atoms with Crippen LogP contribution in [-0.4, -0.2) is 32.7 Å². The summed E-state index contributed by atoms with van der Waals surface area (Å²) < 4.78 is 39.7. The van der Waals surface area contributed by atoms with Gasteiger partial charge in [0.15, 0.2) is 11.5 Å². The van der Waals surface area contributed by atoms with Gasteiger partial charge in [-0.3, -0.25) is 9.59 Å². The lowest BCUT2D eigenvalue weighted by Crippen LogP contribution is -2.29. The van der Waals surface area contributed by atoms with E-state index >= 15 is 0 Å². The van der Waals surface area contributed by atoms with Crippen LogP contribution in [0.15, 0.2) is 48.5 Å². The number of amides is 1. The van der Waals surface area contributed by atoms with Crippen molar-refractivity contribution >= 4 is 29.6 Å². The number of hydrogen-bond acceptors (Lipinski definition) is 5. The van der Waals surface area contributed by atoms with Crippen molar-refractivity contribution < 1.29 is 32.6 Å². The fourth-order valence-electron chi connectivity index (χ4n) is 2.67. The molecule has 1 unspecified atom stereocenters. The van der Waals surface area contributed by atoms with Crippen molar-refractivity contribution in [1.29, 1.82) is 0 Å². The zero-order valence-electron chi connectivity index (χ0n) is 16.2. The molecule has 2 rings (SSSR count). The van der Waals surface area contributed by atoms with Crippen LogP contribution in [0.1, 0.15) is 23.6 Å². The number of nitrogens with one attached hydrogen (secondary N) is 1. The highest BCUT2D eigenvalue weighted by Gasteiger charge is 2.20. The molecule has 0 heterocycles. The summed E-state index contributed by atoms with van der Waals surface area (Å²) in [5.41, 5.74) is 0.751. The number of ether oxygens (including phenoxy) is 3. The van der Waals surface area contributed by atoms with E-state index in [1.165, 1.54) is 32.4 Å². The molecule has 0 aliphatic rings. The average Bonchev–Trinajstić information content (AvgIpc) is 2.72. The lowest BCUT2D eigenvalue weighted by Gasteiger charge is -2.18. The Morgan fingerprint density at radius 1 is 1.13 bits per heavy atom. The maximum absolute atomic E-state index is 12.7. The van der Waals surface area contributed by atoms with Crippen LogP contribution in [0.25, 0.3) is 6.08 Å². The van der Waals surface area contributed by atoms with Crippen molar-refractivity contribution in [2.45, 2.75) is 19.1 Å². The van der Waals surface area contributed by atoms with Gasteiger partial charge in [-0.15, -0.1) is 0 Å². The van der Waals surface area contributed by atoms with Crippen molar-refractivity contribution in [3.05, 3.63) is 64.7 Å². The molecule has 2 aromatic rings. The third-order valence-electron chi connectivity index (χ3n) is 4.05. The first-order valence-electron chi connectivity index (χ1n) is 8.77. The first kappa shape index (κ1) is 23.2. The topological polar surface area (TPSA) is 73.9 Å². The zero-order valence-corrected chi connectivity index (χ0v) is 17.0. The molecule has 2 aromatic carbocycles. The summed E-state index contributed by atoms with van der Waals surface area (Å²) in [7, 11) is 2.55. The van der Waals surface area contributed by atoms with E-state index in [9.17, 15) is 18.4 Å². The average molecular weight is 440 g/mol. The van der Waals surface area contributed by atoms with Gasteiger partial charge in [0, 0.05) is 16.7 Å². The van der Waals surface area contributed by atoms with Gasteiger partial charge >= 0.3 is 12.6 Å². The molecule has 0 aromatic heterocycles. The fourth-order valence-corrected chi connectivity index (χ4v) is 2.94. The summed E-state index contributed by atoms with van der Waals surface area (Å²) >= 11 is 6.18. The molecule has 9 heteroatoms. The lowest BCUT2D eigenvalue weighted by molar-refractivity contribution is -0.141. The molecule has 0 bridgehead atoms. The maximum Gasteiger partial charge on any atom is 0.387 e. The summed E-state index contributed by atoms with van der Waals surface area (Å²) in [6, 6.07) is 10.5. The summed E-state index contributed by atoms with van der Waals surface area (Å²) in [6.07, 6.45) is 2.30. The Morgan fingerprint density at radius 2 is 1.87 bits per heavy atom. The fraction of sp³-hybridized carbons (Fsp3) is 0.238. The number of benzene rings is 2. The minimum absolute atomic E-state index is 0.0949. The predicted molar refractivity (Wildman–Crippen MR) is 108 cm³/mol. The highest BCUT2D eigenvalue weighted by molar-refractivity contribution is 6.31. The molecule has 0 aliphatic carbocycles. The van der Waals surface area contributed by atoms with Crippen LogP contribution < -0.4 is 14.8 Å². The largest absolute Gasteiger partial charge is 0.493 e. The van der Waals surface area contributed by atoms with Crippen molar-refractivity contribution in [2.24, 2.45) is 0 Å². The van der Waals surface area contributed by atoms with Gasteiger partial charge in [-0.25, -0.2) is 0 Å². The minimum atomic E-state index is -3.06. The second-order valence-corrected chi connectivity index (χ2v) is 6.36. The quantitative estimate of drug-likeness (QED) is 0.463. The normalized spacial score (nSPS) is 11.9. The van der Waals surface area contributed by atoms with Gasteiger partial charge in [0.1, 0.15) is 0 Å². The summed E-state index contributed by atoms with van der Waals surface area (Å²) in [5, 5.41) is 3.04. The Balaban J connectivity index is 2.24. The Bertz CT molecular complexity index is 920. The van der Waals surface area contributed by atoms with Crippen LogP contribution in [0, 0.1) is 0 Å². The van der Waals surface area contributed by atoms with E-state index in [1.807, 2.05) is 0 Å². The smallest absolute Gasteiger partial charge is 0.387 e. The summed E-state index contributed by atoms with van der Waals surface area (Å²) in [6.45, 7) is -3.06. The minimum Gasteiger partial charge on any atom is -0.493 e. The standard InChI is InChI=1S/C21H20ClF2NO5/c1-28-17-9-5-6-13(20(17)30-21(23)24)10-11-18(26)25-16(12-19(27)29-2)14-7-3-4-8-15(14)22/h3-11,16,21H,12H2,1-2H3,(H,25,26)/b11-10+. The van der Waals surface area contributed by atoms with Gasteiger partial charge < -0.3 is 19.5 Å². The molecule has 30 heavy (non-hydrogen) atoms. The van der Waals surface area contributed by atoms with Crippen LogP contribution in [-0.2, 0) is 14.3 Å². The summed E-state index contributed by atoms with van der Waals surface area (Å²) in [4.78, 5) is 24.2. The monoisotopic (exact) mass is 439 g/mol. The molecule has 0 aliphatic heterocycles. The number of hydrogen-bond donors (Lipinski definition) is 1. The molecule has 6 nitrogen and oxygen atoms in total. The predicted octanol–water partition coefficient (Wildman–Crippen LogP) is 4.38. The van der Waals surface area contributed by atoms with Gasteiger partial charge in [-0.2, -0.15) is 8.78 Å². The molecule has 1 N–H and O–H groups in total. The van der Waals surface area contributed by atoms with Crippen LogP contribution in [0.5, 0.6) is 11.5 Å². The summed E-state index contributed by atoms with van der Waals surface area (Å²) in [5.74, 6) is -1.21. The van der Waals surface area contributed by atoms with E-state index in [1.54, 1.807) is 30.3 Å². The number of alkyl halides is 2. The molecule has 0 saturated heterocycles. The molecular formula is C21H20ClF2NO5. The Hall–Kier alpha value is -3.13. The van der Waals surface area contributed by atoms with Crippen molar-refractivity contribution in [3.63, 3.8) is 0 Å². The van der Waals surface area contributed by atoms with E-state index in [-0.39, 0.29) is 23.5 Å². The highest BCUT2D eigenvalue weighted by Crippen LogP contribution is 2.33. The van der Waals surface area contributed by atoms with Crippen molar-refractivity contribution in [1.82, 2.24) is 5.32 Å². The third kappa shape index (κ3) is 6.45. The number of halogens is 3. The van der Waals surface area contributed by atoms with Crippen LogP contribution in [0.2, 0.25) is 5.02 Å². The van der Waals surface area contributed by atoms with Gasteiger partial charge in [0.25, 0.3) is 0 Å². The SMILES string of the molecule is COC(=O)CC(NC(=O)/C=C/c1cccc(OC)c1OC(F)F)c1ccccc1Cl. The second kappa shape index (κ2) is 11.2. The van der Waals surface area contributed by atoms with Gasteiger partial charge in [0.05, 0.1) is 26.7 Å². The van der Waals surface area contributed by atoms with Crippen molar-refractivity contribution in [3.8, 4) is 11.5 Å². The molecule has 0 spiro atoms. The Kier molecular flexibility index (Phi) is 8.61. The van der Waals surface area contributed by atoms with E-state index in [2.05, 4.69) is 14.8 Å². The number of rotatable bonds is 9. The lowest BCUT2D eigenvalue weighted by atomic mass is 10.0. The highest BCUT2D eigenvalue weighted by atomic mass is 35.5. The molecule has 0 radical (unpaired) electrons.